The van der Waals surface area contributed by atoms with E-state index in [4.69, 9.17) is 23.7 Å². The molecule has 15 heteroatoms. The molecule has 0 spiro atoms. The fraction of sp³-hybridized carbons (Fsp3) is 1.00. The van der Waals surface area contributed by atoms with Crippen molar-refractivity contribution in [1.29, 1.82) is 0 Å². The molecule has 15 nitrogen and oxygen atoms in total. The molecule has 0 aromatic rings. The van der Waals surface area contributed by atoms with E-state index in [-0.39, 0.29) is 43.8 Å². The summed E-state index contributed by atoms with van der Waals surface area (Å²) in [7, 11) is 0. The van der Waals surface area contributed by atoms with E-state index in [0.717, 1.165) is 0 Å². The van der Waals surface area contributed by atoms with Gasteiger partial charge in [0.2, 0.25) is 0 Å². The molecule has 18 atom stereocenters. The van der Waals surface area contributed by atoms with Gasteiger partial charge in [-0.05, 0) is 25.7 Å². The first-order valence-corrected chi connectivity index (χ1v) is 14.5. The summed E-state index contributed by atoms with van der Waals surface area (Å²) in [6.07, 6.45) is -16.8. The smallest absolute Gasteiger partial charge is 0.187 e. The highest BCUT2D eigenvalue weighted by molar-refractivity contribution is 4.99. The van der Waals surface area contributed by atoms with E-state index in [0.29, 0.717) is 19.3 Å². The van der Waals surface area contributed by atoms with Crippen molar-refractivity contribution in [3.05, 3.63) is 0 Å². The third kappa shape index (κ3) is 6.60. The second-order valence-electron chi connectivity index (χ2n) is 12.2. The molecule has 9 unspecified atom stereocenters. The van der Waals surface area contributed by atoms with Gasteiger partial charge in [-0.25, -0.2) is 0 Å². The summed E-state index contributed by atoms with van der Waals surface area (Å²) < 4.78 is 28.3. The molecular formula is C26H45O15+. The van der Waals surface area contributed by atoms with Gasteiger partial charge in [-0.1, -0.05) is 0 Å². The molecule has 0 aromatic carbocycles. The first-order valence-electron chi connectivity index (χ1n) is 14.5. The van der Waals surface area contributed by atoms with Crippen LogP contribution in [0.15, 0.2) is 0 Å². The van der Waals surface area contributed by atoms with Gasteiger partial charge >= 0.3 is 0 Å². The Hall–Kier alpha value is -0.600. The van der Waals surface area contributed by atoms with Crippen molar-refractivity contribution < 1.29 is 74.7 Å². The zero-order chi connectivity index (χ0) is 29.6. The number of hydrogen-bond donors (Lipinski definition) is 10. The van der Waals surface area contributed by atoms with Crippen LogP contribution in [-0.4, -0.2) is 167 Å². The average Bonchev–Trinajstić information content (AvgIpc) is 2.94. The maximum absolute atomic E-state index is 11.0. The molecule has 5 aliphatic rings. The van der Waals surface area contributed by atoms with Gasteiger partial charge in [-0.3, -0.25) is 0 Å². The summed E-state index contributed by atoms with van der Waals surface area (Å²) in [5.74, 6) is -0.575. The van der Waals surface area contributed by atoms with E-state index in [1.54, 1.807) is 0 Å². The van der Waals surface area contributed by atoms with E-state index < -0.39 is 98.5 Å². The van der Waals surface area contributed by atoms with Crippen LogP contribution in [0, 0.1) is 11.8 Å². The standard InChI is InChI=1S/C26H44O15/c27-7-18-20(34)21(35)24(41-25-22(36)19(33)15(32)8-37-25)26(40-18)39-17-6-11-13(30)4-10(28)5-16(11)38-23(17)9-1-2-12(29)14(31)3-9/h9-36H,1-8H2/p+1/t9?,10?,11?,12?,13?,14?,15-,16?,17?,18+,19+,20-,21-,22-,23?,24+,25+,26+/m0/s1. The fourth-order valence-corrected chi connectivity index (χ4v) is 7.04. The molecule has 11 N–H and O–H groups in total. The summed E-state index contributed by atoms with van der Waals surface area (Å²) >= 11 is 0. The Morgan fingerprint density at radius 2 is 1.44 bits per heavy atom. The molecule has 0 aromatic heterocycles. The highest BCUT2D eigenvalue weighted by Crippen LogP contribution is 2.42. The van der Waals surface area contributed by atoms with Crippen LogP contribution >= 0.6 is 0 Å². The van der Waals surface area contributed by atoms with E-state index in [1.807, 2.05) is 0 Å². The molecule has 238 valence electrons. The third-order valence-electron chi connectivity index (χ3n) is 9.45. The van der Waals surface area contributed by atoms with E-state index in [9.17, 15) is 51.1 Å². The second kappa shape index (κ2) is 13.2. The van der Waals surface area contributed by atoms with E-state index >= 15 is 0 Å². The molecule has 5 fully saturated rings. The minimum absolute atomic E-state index is 0.177. The number of aliphatic hydroxyl groups excluding tert-OH is 10. The molecule has 5 rings (SSSR count). The highest BCUT2D eigenvalue weighted by atomic mass is 16.8. The lowest BCUT2D eigenvalue weighted by Gasteiger charge is -2.49. The van der Waals surface area contributed by atoms with Gasteiger partial charge in [0, 0.05) is 18.8 Å². The predicted octanol–water partition coefficient (Wildman–Crippen LogP) is -5.04. The molecular weight excluding hydrogens is 552 g/mol. The van der Waals surface area contributed by atoms with Crippen LogP contribution in [0.3, 0.4) is 0 Å². The van der Waals surface area contributed by atoms with Gasteiger partial charge in [0.15, 0.2) is 24.8 Å². The molecule has 3 heterocycles. The zero-order valence-corrected chi connectivity index (χ0v) is 22.6. The summed E-state index contributed by atoms with van der Waals surface area (Å²) in [5, 5.41) is 103. The topological polar surface area (TPSA) is 252 Å². The third-order valence-corrected chi connectivity index (χ3v) is 9.45. The minimum Gasteiger partial charge on any atom is -0.427 e. The van der Waals surface area contributed by atoms with Crippen molar-refractivity contribution in [2.24, 2.45) is 11.8 Å². The lowest BCUT2D eigenvalue weighted by molar-refractivity contribution is -0.381. The summed E-state index contributed by atoms with van der Waals surface area (Å²) in [4.78, 5) is 0. The number of hydrogen-bond acceptors (Lipinski definition) is 14. The lowest BCUT2D eigenvalue weighted by Crippen LogP contribution is -2.65. The molecule has 2 saturated carbocycles. The second-order valence-corrected chi connectivity index (χ2v) is 12.2. The Kier molecular flexibility index (Phi) is 10.2. The summed E-state index contributed by atoms with van der Waals surface area (Å²) in [6, 6.07) is 0. The van der Waals surface area contributed by atoms with Crippen molar-refractivity contribution in [3.63, 3.8) is 0 Å². The number of ether oxygens (including phenoxy) is 5. The molecule has 0 amide bonds. The largest absolute Gasteiger partial charge is 0.427 e. The quantitative estimate of drug-likeness (QED) is 0.129. The van der Waals surface area contributed by atoms with Crippen molar-refractivity contribution in [3.8, 4) is 0 Å². The van der Waals surface area contributed by atoms with E-state index in [1.165, 1.54) is 0 Å². The van der Waals surface area contributed by atoms with Gasteiger partial charge < -0.3 is 74.7 Å². The number of fused-ring (bicyclic) bond motifs is 1. The van der Waals surface area contributed by atoms with Crippen LogP contribution in [0.4, 0.5) is 0 Å². The lowest BCUT2D eigenvalue weighted by atomic mass is 9.72. The maximum Gasteiger partial charge on any atom is 0.187 e. The Bertz CT molecular complexity index is 852. The minimum atomic E-state index is -1.70. The van der Waals surface area contributed by atoms with Gasteiger partial charge in [0.1, 0.15) is 48.8 Å². The van der Waals surface area contributed by atoms with Crippen molar-refractivity contribution >= 4 is 0 Å². The van der Waals surface area contributed by atoms with Crippen molar-refractivity contribution in [1.82, 2.24) is 0 Å². The Morgan fingerprint density at radius 3 is 2.15 bits per heavy atom. The SMILES string of the molecule is OC[C@H]1O[C@@H](OC2CC3C(O)CC(O)CC3[OH+]C2C2CCC(O)C(O)C2)[C@H](O[C@H]2OC[C@H](O)[C@@H](O)[C@@H]2O)[C@@H](O)[C@H]1O. The summed E-state index contributed by atoms with van der Waals surface area (Å²) in [6.45, 7) is -1.03. The van der Waals surface area contributed by atoms with Crippen LogP contribution in [-0.2, 0) is 18.9 Å². The Labute approximate surface area is 236 Å². The van der Waals surface area contributed by atoms with Crippen LogP contribution in [0.5, 0.6) is 0 Å². The molecule has 3 aliphatic heterocycles. The molecule has 0 bridgehead atoms. The summed E-state index contributed by atoms with van der Waals surface area (Å²) in [5.41, 5.74) is 0. The zero-order valence-electron chi connectivity index (χ0n) is 22.6. The highest BCUT2D eigenvalue weighted by Gasteiger charge is 2.56. The normalized spacial score (nSPS) is 54.9. The van der Waals surface area contributed by atoms with Crippen molar-refractivity contribution in [2.75, 3.05) is 13.2 Å². The van der Waals surface area contributed by atoms with Crippen LogP contribution in [0.2, 0.25) is 0 Å². The van der Waals surface area contributed by atoms with Crippen LogP contribution in [0.25, 0.3) is 0 Å². The van der Waals surface area contributed by atoms with Gasteiger partial charge in [0.05, 0.1) is 43.5 Å². The molecule has 0 radical (unpaired) electrons. The predicted molar refractivity (Wildman–Crippen MR) is 134 cm³/mol. The maximum atomic E-state index is 11.0. The first kappa shape index (κ1) is 31.8. The average molecular weight is 598 g/mol. The van der Waals surface area contributed by atoms with Crippen LogP contribution < -0.4 is 0 Å². The monoisotopic (exact) mass is 597 g/mol. The number of rotatable bonds is 6. The Balaban J connectivity index is 1.39. The Morgan fingerprint density at radius 1 is 0.683 bits per heavy atom. The molecule has 3 saturated heterocycles. The van der Waals surface area contributed by atoms with Crippen LogP contribution in [0.1, 0.15) is 38.5 Å². The fourth-order valence-electron chi connectivity index (χ4n) is 7.04. The molecule has 2 aliphatic carbocycles. The van der Waals surface area contributed by atoms with Gasteiger partial charge in [0.25, 0.3) is 0 Å². The number of aliphatic hydroxyl groups is 12. The van der Waals surface area contributed by atoms with Crippen molar-refractivity contribution in [2.45, 2.75) is 137 Å². The van der Waals surface area contributed by atoms with E-state index in [2.05, 4.69) is 0 Å². The van der Waals surface area contributed by atoms with Gasteiger partial charge in [-0.2, -0.15) is 0 Å². The molecule has 41 heavy (non-hydrogen) atoms. The first-order chi connectivity index (χ1) is 19.5. The van der Waals surface area contributed by atoms with Gasteiger partial charge in [-0.15, -0.1) is 0 Å².